The molecule has 0 unspecified atom stereocenters. The highest BCUT2D eigenvalue weighted by molar-refractivity contribution is 7.00. The van der Waals surface area contributed by atoms with E-state index < -0.39 is 0 Å². The molecular formula is C52H56BClN2. The molecule has 56 heavy (non-hydrogen) atoms. The van der Waals surface area contributed by atoms with Crippen LogP contribution in [0.5, 0.6) is 0 Å². The van der Waals surface area contributed by atoms with E-state index in [0.29, 0.717) is 0 Å². The molecule has 6 aromatic rings. The van der Waals surface area contributed by atoms with E-state index in [1.54, 1.807) is 0 Å². The third-order valence-electron chi connectivity index (χ3n) is 14.5. The molecular weight excluding hydrogens is 699 g/mol. The van der Waals surface area contributed by atoms with Gasteiger partial charge in [-0.05, 0) is 127 Å². The average molecular weight is 755 g/mol. The third kappa shape index (κ3) is 4.70. The summed E-state index contributed by atoms with van der Waals surface area (Å²) in [6.45, 7) is 31.1. The van der Waals surface area contributed by atoms with Gasteiger partial charge in [-0.3, -0.25) is 0 Å². The fourth-order valence-electron chi connectivity index (χ4n) is 11.1. The fraction of sp³-hybridized carbons (Fsp3) is 0.385. The molecule has 5 aromatic carbocycles. The summed E-state index contributed by atoms with van der Waals surface area (Å²) in [4.78, 5) is 2.61. The molecule has 3 heterocycles. The van der Waals surface area contributed by atoms with Crippen LogP contribution in [0.25, 0.3) is 27.8 Å². The molecule has 284 valence electrons. The molecule has 0 bridgehead atoms. The van der Waals surface area contributed by atoms with Crippen LogP contribution in [0.4, 0.5) is 17.1 Å². The highest BCUT2D eigenvalue weighted by Gasteiger charge is 2.48. The van der Waals surface area contributed by atoms with Crippen molar-refractivity contribution >= 4 is 62.7 Å². The van der Waals surface area contributed by atoms with Gasteiger partial charge in [0.25, 0.3) is 6.71 Å². The zero-order valence-corrected chi connectivity index (χ0v) is 36.5. The summed E-state index contributed by atoms with van der Waals surface area (Å²) in [6.07, 6.45) is 2.37. The molecule has 4 heteroatoms. The predicted molar refractivity (Wildman–Crippen MR) is 243 cm³/mol. The van der Waals surface area contributed by atoms with Gasteiger partial charge in [0.1, 0.15) is 0 Å². The number of aromatic nitrogens is 1. The van der Waals surface area contributed by atoms with E-state index in [9.17, 15) is 0 Å². The molecule has 0 atom stereocenters. The second-order valence-electron chi connectivity index (χ2n) is 21.5. The molecule has 2 aliphatic carbocycles. The maximum Gasteiger partial charge on any atom is 0.252 e. The summed E-state index contributed by atoms with van der Waals surface area (Å²) < 4.78 is 2.62. The van der Waals surface area contributed by atoms with Crippen LogP contribution in [0, 0.1) is 6.92 Å². The van der Waals surface area contributed by atoms with Crippen LogP contribution in [-0.4, -0.2) is 11.3 Å². The van der Waals surface area contributed by atoms with Crippen molar-refractivity contribution < 1.29 is 0 Å². The lowest BCUT2D eigenvalue weighted by molar-refractivity contribution is 0.332. The van der Waals surface area contributed by atoms with Gasteiger partial charge in [0.2, 0.25) is 0 Å². The Hall–Kier alpha value is -4.21. The van der Waals surface area contributed by atoms with Crippen LogP contribution in [0.3, 0.4) is 0 Å². The van der Waals surface area contributed by atoms with Crippen molar-refractivity contribution in [2.45, 2.75) is 130 Å². The molecule has 0 radical (unpaired) electrons. The van der Waals surface area contributed by atoms with E-state index >= 15 is 0 Å². The first-order chi connectivity index (χ1) is 26.1. The number of halogens is 1. The number of anilines is 3. The second-order valence-corrected chi connectivity index (χ2v) is 22.0. The van der Waals surface area contributed by atoms with E-state index in [0.717, 1.165) is 5.02 Å². The molecule has 0 spiro atoms. The predicted octanol–water partition coefficient (Wildman–Crippen LogP) is 12.5. The Morgan fingerprint density at radius 3 is 1.95 bits per heavy atom. The smallest absolute Gasteiger partial charge is 0.252 e. The molecule has 2 nitrogen and oxygen atoms in total. The fourth-order valence-corrected chi connectivity index (χ4v) is 11.3. The summed E-state index contributed by atoms with van der Waals surface area (Å²) in [5, 5.41) is 2.15. The molecule has 0 N–H and O–H groups in total. The summed E-state index contributed by atoms with van der Waals surface area (Å²) in [5.74, 6) is 0. The number of benzene rings is 5. The van der Waals surface area contributed by atoms with Gasteiger partial charge in [-0.2, -0.15) is 0 Å². The van der Waals surface area contributed by atoms with Gasteiger partial charge in [0.15, 0.2) is 0 Å². The maximum absolute atomic E-state index is 7.44. The molecule has 10 rings (SSSR count). The van der Waals surface area contributed by atoms with Gasteiger partial charge in [-0.1, -0.05) is 143 Å². The van der Waals surface area contributed by atoms with Crippen LogP contribution in [0.2, 0.25) is 5.02 Å². The first-order valence-corrected chi connectivity index (χ1v) is 21.3. The van der Waals surface area contributed by atoms with Gasteiger partial charge in [-0.25, -0.2) is 0 Å². The SMILES string of the molecule is Cc1cc2c(cc1N1c3cc(C(C)(C)C)ccc3B3c4c1cc(Cl)cc4-n1c4c(c5cc(C(C)(C)C)cc3c51)C(C)(C)c1ccccc1-4)C(C)(C)CCC2(C)C. The lowest BCUT2D eigenvalue weighted by Crippen LogP contribution is -2.60. The van der Waals surface area contributed by atoms with Crippen molar-refractivity contribution in [2.75, 3.05) is 4.90 Å². The summed E-state index contributed by atoms with van der Waals surface area (Å²) >= 11 is 7.44. The maximum atomic E-state index is 7.44. The number of nitrogens with zero attached hydrogens (tertiary/aromatic N) is 2. The monoisotopic (exact) mass is 754 g/mol. The minimum Gasteiger partial charge on any atom is -0.311 e. The largest absolute Gasteiger partial charge is 0.311 e. The highest BCUT2D eigenvalue weighted by Crippen LogP contribution is 2.56. The number of aryl methyl sites for hydroxylation is 1. The Morgan fingerprint density at radius 1 is 0.625 bits per heavy atom. The first-order valence-electron chi connectivity index (χ1n) is 20.9. The van der Waals surface area contributed by atoms with Crippen molar-refractivity contribution in [3.8, 4) is 16.9 Å². The van der Waals surface area contributed by atoms with Gasteiger partial charge < -0.3 is 9.47 Å². The normalized spacial score (nSPS) is 18.0. The topological polar surface area (TPSA) is 8.17 Å². The molecule has 2 aliphatic heterocycles. The van der Waals surface area contributed by atoms with E-state index in [1.165, 1.54) is 113 Å². The minimum absolute atomic E-state index is 0.0160. The van der Waals surface area contributed by atoms with E-state index in [2.05, 4.69) is 178 Å². The van der Waals surface area contributed by atoms with Crippen LogP contribution in [-0.2, 0) is 27.1 Å². The Balaban J connectivity index is 1.37. The highest BCUT2D eigenvalue weighted by atomic mass is 35.5. The van der Waals surface area contributed by atoms with Crippen molar-refractivity contribution in [3.05, 3.63) is 123 Å². The molecule has 0 saturated carbocycles. The van der Waals surface area contributed by atoms with Crippen LogP contribution < -0.4 is 21.3 Å². The third-order valence-corrected chi connectivity index (χ3v) is 14.7. The zero-order chi connectivity index (χ0) is 39.8. The Bertz CT molecular complexity index is 2730. The number of hydrogen-bond donors (Lipinski definition) is 0. The summed E-state index contributed by atoms with van der Waals surface area (Å²) in [5.41, 5.74) is 22.9. The molecule has 0 saturated heterocycles. The number of rotatable bonds is 1. The van der Waals surface area contributed by atoms with Crippen molar-refractivity contribution in [1.82, 2.24) is 4.57 Å². The second kappa shape index (κ2) is 11.0. The molecule has 1 aromatic heterocycles. The van der Waals surface area contributed by atoms with E-state index in [1.807, 2.05) is 0 Å². The molecule has 0 amide bonds. The van der Waals surface area contributed by atoms with Gasteiger partial charge >= 0.3 is 0 Å². The summed E-state index contributed by atoms with van der Waals surface area (Å²) in [6, 6.07) is 31.2. The molecule has 4 aliphatic rings. The van der Waals surface area contributed by atoms with Gasteiger partial charge in [-0.15, -0.1) is 0 Å². The Morgan fingerprint density at radius 2 is 1.27 bits per heavy atom. The molecule has 0 fully saturated rings. The standard InChI is InChI=1S/C52H56BClN2/c1-29-22-36-37(51(10,11)21-20-50(36,8)9)28-40(29)55-41-25-30(48(2,3)4)18-19-38(41)53-39-24-31(49(5,6)7)23-34-44-47(33-16-14-15-17-35(33)52(44,12)13)56(46(34)39)43-27-32(54)26-42(55)45(43)53/h14-19,22-28H,20-21H2,1-13H3. The zero-order valence-electron chi connectivity index (χ0n) is 35.8. The van der Waals surface area contributed by atoms with Crippen molar-refractivity contribution in [2.24, 2.45) is 0 Å². The lowest BCUT2D eigenvalue weighted by atomic mass is 9.33. The lowest BCUT2D eigenvalue weighted by Gasteiger charge is -2.45. The average Bonchev–Trinajstić information content (AvgIpc) is 3.58. The van der Waals surface area contributed by atoms with Crippen LogP contribution >= 0.6 is 11.6 Å². The summed E-state index contributed by atoms with van der Waals surface area (Å²) in [7, 11) is 0. The Labute approximate surface area is 340 Å². The number of fused-ring (bicyclic) bond motifs is 10. The van der Waals surface area contributed by atoms with Crippen LogP contribution in [0.15, 0.2) is 78.9 Å². The minimum atomic E-state index is -0.156. The van der Waals surface area contributed by atoms with Crippen molar-refractivity contribution in [3.63, 3.8) is 0 Å². The van der Waals surface area contributed by atoms with Crippen molar-refractivity contribution in [1.29, 1.82) is 0 Å². The number of hydrogen-bond acceptors (Lipinski definition) is 1. The quantitative estimate of drug-likeness (QED) is 0.152. The Kier molecular flexibility index (Phi) is 7.13. The van der Waals surface area contributed by atoms with E-state index in [4.69, 9.17) is 11.6 Å². The van der Waals surface area contributed by atoms with Crippen LogP contribution in [0.1, 0.15) is 135 Å². The van der Waals surface area contributed by atoms with Gasteiger partial charge in [0.05, 0.1) is 5.69 Å². The van der Waals surface area contributed by atoms with Gasteiger partial charge in [0, 0.05) is 49.7 Å². The first kappa shape index (κ1) is 36.2. The van der Waals surface area contributed by atoms with E-state index in [-0.39, 0.29) is 33.8 Å².